The molecule has 2 amide bonds. The number of amides is 2. The Bertz CT molecular complexity index is 1040. The fourth-order valence-corrected chi connectivity index (χ4v) is 3.38. The molecule has 0 aliphatic carbocycles. The number of benzene rings is 2. The lowest BCUT2D eigenvalue weighted by Gasteiger charge is -2.20. The van der Waals surface area contributed by atoms with Crippen molar-refractivity contribution in [1.82, 2.24) is 20.2 Å². The Morgan fingerprint density at radius 2 is 2.03 bits per heavy atom. The molecule has 4 rings (SSSR count). The number of imidazole rings is 1. The highest BCUT2D eigenvalue weighted by molar-refractivity contribution is 5.74. The molecule has 1 atom stereocenters. The summed E-state index contributed by atoms with van der Waals surface area (Å²) in [6, 6.07) is 11.0. The highest BCUT2D eigenvalue weighted by Crippen LogP contribution is 2.30. The van der Waals surface area contributed by atoms with Crippen molar-refractivity contribution in [3.05, 3.63) is 77.6 Å². The second-order valence-corrected chi connectivity index (χ2v) is 7.01. The first-order chi connectivity index (χ1) is 14.6. The zero-order valence-electron chi connectivity index (χ0n) is 16.6. The normalized spacial score (nSPS) is 13.5. The molecule has 0 saturated carbocycles. The van der Waals surface area contributed by atoms with Crippen molar-refractivity contribution in [1.29, 1.82) is 0 Å². The average molecular weight is 410 g/mol. The van der Waals surface area contributed by atoms with Crippen LogP contribution in [-0.4, -0.2) is 35.3 Å². The van der Waals surface area contributed by atoms with Gasteiger partial charge in [0.15, 0.2) is 11.5 Å². The zero-order valence-corrected chi connectivity index (χ0v) is 16.6. The van der Waals surface area contributed by atoms with E-state index in [1.807, 2.05) is 25.2 Å². The van der Waals surface area contributed by atoms with Crippen molar-refractivity contribution >= 4 is 6.03 Å². The van der Waals surface area contributed by atoms with Crippen LogP contribution in [0.25, 0.3) is 0 Å². The van der Waals surface area contributed by atoms with Crippen LogP contribution in [0, 0.1) is 5.82 Å². The molecule has 1 aromatic heterocycles. The highest BCUT2D eigenvalue weighted by Gasteiger charge is 2.21. The molecule has 0 unspecified atom stereocenters. The summed E-state index contributed by atoms with van der Waals surface area (Å²) in [6.07, 6.45) is 4.06. The lowest BCUT2D eigenvalue weighted by Crippen LogP contribution is -2.40. The molecule has 0 radical (unpaired) electrons. The van der Waals surface area contributed by atoms with Crippen LogP contribution in [0.15, 0.2) is 54.9 Å². The number of halogens is 1. The smallest absolute Gasteiger partial charge is 0.315 e. The first-order valence-corrected chi connectivity index (χ1v) is 9.76. The van der Waals surface area contributed by atoms with Crippen molar-refractivity contribution in [2.24, 2.45) is 7.05 Å². The minimum atomic E-state index is -0.574. The van der Waals surface area contributed by atoms with Gasteiger partial charge in [0.2, 0.25) is 0 Å². The van der Waals surface area contributed by atoms with E-state index in [2.05, 4.69) is 15.6 Å². The number of nitrogens with one attached hydrogen (secondary N) is 2. The third-order valence-electron chi connectivity index (χ3n) is 4.88. The summed E-state index contributed by atoms with van der Waals surface area (Å²) in [5.41, 5.74) is 1.65. The Hall–Kier alpha value is -3.55. The molecule has 0 spiro atoms. The topological polar surface area (TPSA) is 77.4 Å². The summed E-state index contributed by atoms with van der Waals surface area (Å²) in [7, 11) is 1.83. The van der Waals surface area contributed by atoms with E-state index in [1.165, 1.54) is 12.1 Å². The van der Waals surface area contributed by atoms with Gasteiger partial charge in [0.25, 0.3) is 0 Å². The van der Waals surface area contributed by atoms with Crippen molar-refractivity contribution < 1.29 is 18.7 Å². The molecule has 0 fully saturated rings. The van der Waals surface area contributed by atoms with E-state index in [4.69, 9.17) is 9.47 Å². The Balaban J connectivity index is 1.39. The number of carbonyl (C=O) groups excluding carboxylic acids is 1. The van der Waals surface area contributed by atoms with Gasteiger partial charge in [-0.15, -0.1) is 0 Å². The Labute approximate surface area is 173 Å². The average Bonchev–Trinajstić information content (AvgIpc) is 3.17. The fourth-order valence-electron chi connectivity index (χ4n) is 3.38. The van der Waals surface area contributed by atoms with Gasteiger partial charge in [-0.3, -0.25) is 0 Å². The Kier molecular flexibility index (Phi) is 5.83. The molecule has 30 heavy (non-hydrogen) atoms. The molecule has 2 heterocycles. The molecule has 1 aliphatic heterocycles. The van der Waals surface area contributed by atoms with Gasteiger partial charge in [-0.1, -0.05) is 18.2 Å². The van der Waals surface area contributed by atoms with Gasteiger partial charge < -0.3 is 24.7 Å². The van der Waals surface area contributed by atoms with Gasteiger partial charge in [0.05, 0.1) is 0 Å². The maximum Gasteiger partial charge on any atom is 0.315 e. The van der Waals surface area contributed by atoms with Crippen LogP contribution >= 0.6 is 0 Å². The fraction of sp³-hybridized carbons (Fsp3) is 0.273. The van der Waals surface area contributed by atoms with E-state index in [-0.39, 0.29) is 11.8 Å². The number of urea groups is 1. The number of aryl methyl sites for hydroxylation is 1. The molecule has 3 aromatic rings. The van der Waals surface area contributed by atoms with E-state index in [0.29, 0.717) is 37.6 Å². The van der Waals surface area contributed by atoms with Crippen LogP contribution in [0.3, 0.4) is 0 Å². The first-order valence-electron chi connectivity index (χ1n) is 9.76. The molecular weight excluding hydrogens is 387 g/mol. The van der Waals surface area contributed by atoms with Crippen LogP contribution < -0.4 is 20.1 Å². The van der Waals surface area contributed by atoms with Crippen molar-refractivity contribution in [2.45, 2.75) is 12.5 Å². The predicted molar refractivity (Wildman–Crippen MR) is 109 cm³/mol. The maximum absolute atomic E-state index is 13.7. The van der Waals surface area contributed by atoms with Crippen molar-refractivity contribution in [2.75, 3.05) is 19.8 Å². The lowest BCUT2D eigenvalue weighted by molar-refractivity contribution is 0.171. The van der Waals surface area contributed by atoms with Crippen LogP contribution in [0.2, 0.25) is 0 Å². The SMILES string of the molecule is Cn1ccnc1[C@H](NC(=O)NCCc1ccc2c(c1)OCCO2)c1cccc(F)c1. The van der Waals surface area contributed by atoms with E-state index in [0.717, 1.165) is 17.1 Å². The molecule has 2 N–H and O–H groups in total. The van der Waals surface area contributed by atoms with Gasteiger partial charge in [0, 0.05) is 26.0 Å². The molecule has 156 valence electrons. The molecule has 8 heteroatoms. The Morgan fingerprint density at radius 3 is 2.80 bits per heavy atom. The van der Waals surface area contributed by atoms with E-state index >= 15 is 0 Å². The molecular formula is C22H23FN4O3. The van der Waals surface area contributed by atoms with E-state index in [1.54, 1.807) is 29.1 Å². The predicted octanol–water partition coefficient (Wildman–Crippen LogP) is 2.96. The third kappa shape index (κ3) is 4.53. The molecule has 2 aromatic carbocycles. The summed E-state index contributed by atoms with van der Waals surface area (Å²) in [5, 5.41) is 5.75. The maximum atomic E-state index is 13.7. The van der Waals surface area contributed by atoms with E-state index in [9.17, 15) is 9.18 Å². The van der Waals surface area contributed by atoms with Crippen LogP contribution in [0.4, 0.5) is 9.18 Å². The van der Waals surface area contributed by atoms with Crippen molar-refractivity contribution in [3.8, 4) is 11.5 Å². The largest absolute Gasteiger partial charge is 0.486 e. The number of rotatable bonds is 6. The summed E-state index contributed by atoms with van der Waals surface area (Å²) >= 11 is 0. The second-order valence-electron chi connectivity index (χ2n) is 7.01. The number of carbonyl (C=O) groups is 1. The van der Waals surface area contributed by atoms with Crippen LogP contribution in [0.1, 0.15) is 23.0 Å². The van der Waals surface area contributed by atoms with E-state index < -0.39 is 6.04 Å². The summed E-state index contributed by atoms with van der Waals surface area (Å²) in [5.74, 6) is 1.71. The monoisotopic (exact) mass is 410 g/mol. The van der Waals surface area contributed by atoms with Crippen LogP contribution in [-0.2, 0) is 13.5 Å². The number of hydrogen-bond donors (Lipinski definition) is 2. The standard InChI is InChI=1S/C22H23FN4O3/c1-27-10-9-24-21(27)20(16-3-2-4-17(23)14-16)26-22(28)25-8-7-15-5-6-18-19(13-15)30-12-11-29-18/h2-6,9-10,13-14,20H,7-8,11-12H2,1H3,(H2,25,26,28)/t20-/m1/s1. The third-order valence-corrected chi connectivity index (χ3v) is 4.88. The number of hydrogen-bond acceptors (Lipinski definition) is 4. The summed E-state index contributed by atoms with van der Waals surface area (Å²) in [6.45, 7) is 1.52. The lowest BCUT2D eigenvalue weighted by atomic mass is 10.1. The minimum Gasteiger partial charge on any atom is -0.486 e. The highest BCUT2D eigenvalue weighted by atomic mass is 19.1. The Morgan fingerprint density at radius 1 is 1.20 bits per heavy atom. The number of aromatic nitrogens is 2. The number of fused-ring (bicyclic) bond motifs is 1. The first kappa shape index (κ1) is 19.8. The number of ether oxygens (including phenoxy) is 2. The van der Waals surface area contributed by atoms with Gasteiger partial charge >= 0.3 is 6.03 Å². The second kappa shape index (κ2) is 8.86. The van der Waals surface area contributed by atoms with Gasteiger partial charge in [-0.05, 0) is 41.8 Å². The number of nitrogens with zero attached hydrogens (tertiary/aromatic N) is 2. The molecule has 7 nitrogen and oxygen atoms in total. The van der Waals surface area contributed by atoms with Gasteiger partial charge in [-0.2, -0.15) is 0 Å². The minimum absolute atomic E-state index is 0.357. The molecule has 0 saturated heterocycles. The van der Waals surface area contributed by atoms with Crippen molar-refractivity contribution in [3.63, 3.8) is 0 Å². The summed E-state index contributed by atoms with van der Waals surface area (Å²) < 4.78 is 26.7. The summed E-state index contributed by atoms with van der Waals surface area (Å²) in [4.78, 5) is 16.9. The quantitative estimate of drug-likeness (QED) is 0.655. The zero-order chi connectivity index (χ0) is 20.9. The van der Waals surface area contributed by atoms with Gasteiger partial charge in [-0.25, -0.2) is 14.2 Å². The molecule has 0 bridgehead atoms. The van der Waals surface area contributed by atoms with Crippen LogP contribution in [0.5, 0.6) is 11.5 Å². The molecule has 1 aliphatic rings. The van der Waals surface area contributed by atoms with Gasteiger partial charge in [0.1, 0.15) is 30.9 Å².